The molecule has 0 aliphatic carbocycles. The number of hydrogen-bond acceptors (Lipinski definition) is 6. The molecule has 2 atom stereocenters. The van der Waals surface area contributed by atoms with E-state index in [2.05, 4.69) is 16.0 Å². The van der Waals surface area contributed by atoms with Crippen LogP contribution in [0.2, 0.25) is 0 Å². The van der Waals surface area contributed by atoms with Gasteiger partial charge in [0, 0.05) is 43.1 Å². The lowest BCUT2D eigenvalue weighted by Gasteiger charge is -2.33. The van der Waals surface area contributed by atoms with Gasteiger partial charge in [0.1, 0.15) is 5.60 Å². The fraction of sp³-hybridized carbons (Fsp3) is 0.500. The number of nitrogens with one attached hydrogen (secondary N) is 3. The van der Waals surface area contributed by atoms with Crippen LogP contribution in [0.15, 0.2) is 36.2 Å². The fourth-order valence-electron chi connectivity index (χ4n) is 3.76. The number of ether oxygens (including phenoxy) is 2. The molecule has 3 N–H and O–H groups in total. The number of para-hydroxylation sites is 1. The predicted octanol–water partition coefficient (Wildman–Crippen LogP) is 2.77. The summed E-state index contributed by atoms with van der Waals surface area (Å²) in [6.07, 6.45) is 1.80. The van der Waals surface area contributed by atoms with Crippen molar-refractivity contribution in [2.45, 2.75) is 38.7 Å². The van der Waals surface area contributed by atoms with Crippen LogP contribution in [0, 0.1) is 5.92 Å². The average Bonchev–Trinajstić information content (AvgIpc) is 3.09. The minimum atomic E-state index is -0.554. The highest BCUT2D eigenvalue weighted by Crippen LogP contribution is 2.45. The molecular weight excluding hydrogens is 400 g/mol. The van der Waals surface area contributed by atoms with Gasteiger partial charge in [-0.05, 0) is 38.8 Å². The van der Waals surface area contributed by atoms with E-state index in [9.17, 15) is 14.4 Å². The SMILES string of the molecule is COC(=O)C1CN(C(=O)NCCCNC(=O)OC(C)(C)C)C=C2Nc3ccccc3C21. The molecule has 0 bridgehead atoms. The van der Waals surface area contributed by atoms with Crippen LogP contribution in [-0.2, 0) is 14.3 Å². The number of fused-ring (bicyclic) bond motifs is 3. The molecule has 2 aliphatic heterocycles. The molecule has 168 valence electrons. The maximum absolute atomic E-state index is 12.7. The lowest BCUT2D eigenvalue weighted by atomic mass is 9.83. The molecule has 0 aromatic heterocycles. The number of rotatable bonds is 5. The first-order valence-corrected chi connectivity index (χ1v) is 10.4. The molecule has 0 spiro atoms. The summed E-state index contributed by atoms with van der Waals surface area (Å²) in [5.41, 5.74) is 2.20. The van der Waals surface area contributed by atoms with Crippen molar-refractivity contribution in [1.82, 2.24) is 15.5 Å². The first kappa shape index (κ1) is 22.5. The lowest BCUT2D eigenvalue weighted by Crippen LogP contribution is -2.46. The third-order valence-electron chi connectivity index (χ3n) is 5.06. The number of esters is 1. The zero-order valence-electron chi connectivity index (χ0n) is 18.4. The predicted molar refractivity (Wildman–Crippen MR) is 115 cm³/mol. The third kappa shape index (κ3) is 5.48. The Kier molecular flexibility index (Phi) is 6.72. The Bertz CT molecular complexity index is 877. The van der Waals surface area contributed by atoms with Crippen molar-refractivity contribution in [2.75, 3.05) is 32.1 Å². The largest absolute Gasteiger partial charge is 0.469 e. The van der Waals surface area contributed by atoms with Crippen molar-refractivity contribution in [3.05, 3.63) is 41.7 Å². The molecule has 31 heavy (non-hydrogen) atoms. The first-order valence-electron chi connectivity index (χ1n) is 10.4. The second-order valence-electron chi connectivity index (χ2n) is 8.57. The van der Waals surface area contributed by atoms with E-state index in [1.807, 2.05) is 24.3 Å². The van der Waals surface area contributed by atoms with E-state index in [1.165, 1.54) is 12.0 Å². The van der Waals surface area contributed by atoms with Crippen LogP contribution >= 0.6 is 0 Å². The Morgan fingerprint density at radius 2 is 1.87 bits per heavy atom. The number of anilines is 1. The van der Waals surface area contributed by atoms with Gasteiger partial charge in [-0.15, -0.1) is 0 Å². The molecular formula is C22H30N4O5. The summed E-state index contributed by atoms with van der Waals surface area (Å²) >= 11 is 0. The summed E-state index contributed by atoms with van der Waals surface area (Å²) in [6, 6.07) is 7.48. The van der Waals surface area contributed by atoms with Crippen molar-refractivity contribution in [2.24, 2.45) is 5.92 Å². The van der Waals surface area contributed by atoms with E-state index in [0.717, 1.165) is 16.9 Å². The second kappa shape index (κ2) is 9.28. The molecule has 1 aromatic rings. The van der Waals surface area contributed by atoms with Crippen molar-refractivity contribution in [3.8, 4) is 0 Å². The van der Waals surface area contributed by atoms with E-state index < -0.39 is 17.6 Å². The van der Waals surface area contributed by atoms with Crippen LogP contribution in [0.25, 0.3) is 0 Å². The number of benzene rings is 1. The molecule has 9 nitrogen and oxygen atoms in total. The molecule has 2 heterocycles. The van der Waals surface area contributed by atoms with Gasteiger partial charge < -0.3 is 25.4 Å². The van der Waals surface area contributed by atoms with Crippen LogP contribution in [0.4, 0.5) is 15.3 Å². The van der Waals surface area contributed by atoms with Crippen LogP contribution in [0.3, 0.4) is 0 Å². The van der Waals surface area contributed by atoms with Crippen molar-refractivity contribution >= 4 is 23.8 Å². The monoisotopic (exact) mass is 430 g/mol. The summed E-state index contributed by atoms with van der Waals surface area (Å²) in [4.78, 5) is 38.3. The number of hydrogen-bond donors (Lipinski definition) is 3. The third-order valence-corrected chi connectivity index (χ3v) is 5.06. The van der Waals surface area contributed by atoms with E-state index in [-0.39, 0.29) is 24.5 Å². The molecule has 0 saturated carbocycles. The molecule has 2 unspecified atom stereocenters. The van der Waals surface area contributed by atoms with Crippen molar-refractivity contribution < 1.29 is 23.9 Å². The minimum Gasteiger partial charge on any atom is -0.469 e. The number of amides is 3. The summed E-state index contributed by atoms with van der Waals surface area (Å²) in [6.45, 7) is 6.35. The van der Waals surface area contributed by atoms with Gasteiger partial charge in [0.2, 0.25) is 0 Å². The summed E-state index contributed by atoms with van der Waals surface area (Å²) in [7, 11) is 1.36. The van der Waals surface area contributed by atoms with E-state index >= 15 is 0 Å². The molecule has 3 rings (SSSR count). The summed E-state index contributed by atoms with van der Waals surface area (Å²) in [5.74, 6) is -1.01. The number of methoxy groups -OCH3 is 1. The summed E-state index contributed by atoms with van der Waals surface area (Å²) in [5, 5.41) is 8.78. The van der Waals surface area contributed by atoms with Gasteiger partial charge in [-0.1, -0.05) is 18.2 Å². The maximum Gasteiger partial charge on any atom is 0.407 e. The Hall–Kier alpha value is -3.23. The van der Waals surface area contributed by atoms with E-state index in [0.29, 0.717) is 19.5 Å². The number of carbonyl (C=O) groups is 3. The second-order valence-corrected chi connectivity index (χ2v) is 8.57. The minimum absolute atomic E-state index is 0.161. The fourth-order valence-corrected chi connectivity index (χ4v) is 3.76. The van der Waals surface area contributed by atoms with Gasteiger partial charge in [0.25, 0.3) is 0 Å². The van der Waals surface area contributed by atoms with Gasteiger partial charge in [0.15, 0.2) is 0 Å². The van der Waals surface area contributed by atoms with Crippen molar-refractivity contribution in [1.29, 1.82) is 0 Å². The van der Waals surface area contributed by atoms with Gasteiger partial charge in [-0.3, -0.25) is 9.69 Å². The standard InChI is InChI=1S/C22H30N4O5/c1-22(2,3)31-21(29)24-11-7-10-23-20(28)26-12-15(19(27)30-4)18-14-8-5-6-9-16(14)25-17(18)13-26/h5-6,8-9,13,15,18,25H,7,10-12H2,1-4H3,(H,23,28)(H,24,29). The first-order chi connectivity index (χ1) is 14.7. The van der Waals surface area contributed by atoms with Gasteiger partial charge in [-0.2, -0.15) is 0 Å². The molecule has 0 saturated heterocycles. The Morgan fingerprint density at radius 1 is 1.16 bits per heavy atom. The normalized spacial score (nSPS) is 19.4. The lowest BCUT2D eigenvalue weighted by molar-refractivity contribution is -0.146. The zero-order chi connectivity index (χ0) is 22.6. The van der Waals surface area contributed by atoms with Gasteiger partial charge >= 0.3 is 18.1 Å². The quantitative estimate of drug-likeness (QED) is 0.490. The number of nitrogens with zero attached hydrogens (tertiary/aromatic N) is 1. The zero-order valence-corrected chi connectivity index (χ0v) is 18.4. The highest BCUT2D eigenvalue weighted by molar-refractivity contribution is 5.82. The molecule has 9 heteroatoms. The number of alkyl carbamates (subject to hydrolysis) is 1. The Balaban J connectivity index is 1.56. The Morgan fingerprint density at radius 3 is 2.58 bits per heavy atom. The molecule has 3 amide bonds. The maximum atomic E-state index is 12.7. The smallest absolute Gasteiger partial charge is 0.407 e. The number of carbonyl (C=O) groups excluding carboxylic acids is 3. The molecule has 2 aliphatic rings. The molecule has 1 aromatic carbocycles. The van der Waals surface area contributed by atoms with Crippen LogP contribution in [0.5, 0.6) is 0 Å². The Labute approximate surface area is 182 Å². The molecule has 0 fully saturated rings. The van der Waals surface area contributed by atoms with E-state index in [1.54, 1.807) is 27.0 Å². The van der Waals surface area contributed by atoms with E-state index in [4.69, 9.17) is 9.47 Å². The van der Waals surface area contributed by atoms with Crippen molar-refractivity contribution in [3.63, 3.8) is 0 Å². The van der Waals surface area contributed by atoms with Gasteiger partial charge in [0.05, 0.1) is 13.0 Å². The molecule has 0 radical (unpaired) electrons. The summed E-state index contributed by atoms with van der Waals surface area (Å²) < 4.78 is 10.2. The van der Waals surface area contributed by atoms with Crippen LogP contribution in [-0.4, -0.2) is 55.3 Å². The van der Waals surface area contributed by atoms with Crippen LogP contribution in [0.1, 0.15) is 38.7 Å². The number of urea groups is 1. The number of allylic oxidation sites excluding steroid dienone is 1. The topological polar surface area (TPSA) is 109 Å². The highest BCUT2D eigenvalue weighted by atomic mass is 16.6. The van der Waals surface area contributed by atoms with Crippen LogP contribution < -0.4 is 16.0 Å². The van der Waals surface area contributed by atoms with Gasteiger partial charge in [-0.25, -0.2) is 9.59 Å². The highest BCUT2D eigenvalue weighted by Gasteiger charge is 2.43. The average molecular weight is 431 g/mol.